The van der Waals surface area contributed by atoms with Gasteiger partial charge in [0.2, 0.25) is 5.78 Å². The van der Waals surface area contributed by atoms with Gasteiger partial charge in [-0.3, -0.25) is 14.6 Å². The molecule has 0 aliphatic carbocycles. The molecule has 1 N–H and O–H groups in total. The molecule has 3 rings (SSSR count). The number of imidazole rings is 1. The van der Waals surface area contributed by atoms with E-state index in [1.807, 2.05) is 24.3 Å². The van der Waals surface area contributed by atoms with Gasteiger partial charge >= 0.3 is 0 Å². The quantitative estimate of drug-likeness (QED) is 0.723. The first-order valence-electron chi connectivity index (χ1n) is 5.94. The second kappa shape index (κ2) is 4.72. The van der Waals surface area contributed by atoms with Gasteiger partial charge in [-0.25, -0.2) is 9.38 Å². The van der Waals surface area contributed by atoms with E-state index in [1.165, 1.54) is 10.5 Å². The van der Waals surface area contributed by atoms with E-state index in [0.717, 1.165) is 10.0 Å². The van der Waals surface area contributed by atoms with Crippen LogP contribution in [-0.4, -0.2) is 14.4 Å². The van der Waals surface area contributed by atoms with Crippen molar-refractivity contribution in [3.05, 3.63) is 72.1 Å². The number of fused-ring (bicyclic) bond motifs is 1. The van der Waals surface area contributed by atoms with E-state index in [2.05, 4.69) is 25.9 Å². The van der Waals surface area contributed by atoms with E-state index < -0.39 is 0 Å². The monoisotopic (exact) mass is 331 g/mol. The van der Waals surface area contributed by atoms with E-state index in [1.54, 1.807) is 13.0 Å². The highest BCUT2D eigenvalue weighted by Crippen LogP contribution is 2.10. The first-order valence-corrected chi connectivity index (χ1v) is 6.73. The van der Waals surface area contributed by atoms with Crippen molar-refractivity contribution in [2.75, 3.05) is 0 Å². The van der Waals surface area contributed by atoms with Crippen molar-refractivity contribution < 1.29 is 0 Å². The Morgan fingerprint density at radius 3 is 2.65 bits per heavy atom. The van der Waals surface area contributed by atoms with E-state index in [0.29, 0.717) is 5.69 Å². The van der Waals surface area contributed by atoms with Crippen LogP contribution in [0.5, 0.6) is 0 Å². The summed E-state index contributed by atoms with van der Waals surface area (Å²) >= 11 is 3.35. The van der Waals surface area contributed by atoms with Crippen LogP contribution in [0.15, 0.2) is 44.4 Å². The smallest absolute Gasteiger partial charge is 0.275 e. The average Bonchev–Trinajstić information content (AvgIpc) is 2.68. The Balaban J connectivity index is 2.37. The highest BCUT2D eigenvalue weighted by molar-refractivity contribution is 9.10. The summed E-state index contributed by atoms with van der Waals surface area (Å²) in [7, 11) is 0. The predicted molar refractivity (Wildman–Crippen MR) is 79.7 cm³/mol. The zero-order chi connectivity index (χ0) is 14.3. The van der Waals surface area contributed by atoms with Gasteiger partial charge in [-0.1, -0.05) is 28.1 Å². The van der Waals surface area contributed by atoms with E-state index in [-0.39, 0.29) is 22.2 Å². The van der Waals surface area contributed by atoms with E-state index in [9.17, 15) is 9.59 Å². The summed E-state index contributed by atoms with van der Waals surface area (Å²) in [6, 6.07) is 8.86. The van der Waals surface area contributed by atoms with Gasteiger partial charge in [-0.05, 0) is 30.7 Å². The summed E-state index contributed by atoms with van der Waals surface area (Å²) in [5.74, 6) is 0.267. The fraction of sp³-hybridized carbons (Fsp3) is 0.0714. The predicted octanol–water partition coefficient (Wildman–Crippen LogP) is 1.00. The van der Waals surface area contributed by atoms with Crippen molar-refractivity contribution >= 4 is 27.8 Å². The lowest BCUT2D eigenvalue weighted by Crippen LogP contribution is -2.32. The molecule has 20 heavy (non-hydrogen) atoms. The lowest BCUT2D eigenvalue weighted by molar-refractivity contribution is 0.999. The Labute approximate surface area is 121 Å². The lowest BCUT2D eigenvalue weighted by Gasteiger charge is -1.95. The first-order chi connectivity index (χ1) is 9.54. The summed E-state index contributed by atoms with van der Waals surface area (Å²) in [6.07, 6.45) is 1.66. The minimum absolute atomic E-state index is 0.267. The maximum absolute atomic E-state index is 12.0. The van der Waals surface area contributed by atoms with Gasteiger partial charge in [0.25, 0.3) is 11.1 Å². The number of benzene rings is 1. The molecule has 0 fully saturated rings. The van der Waals surface area contributed by atoms with Crippen LogP contribution >= 0.6 is 15.9 Å². The Morgan fingerprint density at radius 2 is 1.95 bits per heavy atom. The standard InChI is InChI=1S/C14H10BrN3O2/c1-8-6-12(19)18-11(13(20)17-14(18)16-8)7-9-2-4-10(15)5-3-9/h2-7H,1H3,(H,16,17,20). The number of H-pyrrole nitrogens is 1. The SMILES string of the molecule is Cc1cc(=O)n2c(=Cc3ccc(Br)cc3)c(=O)[nH]c2n1. The highest BCUT2D eigenvalue weighted by atomic mass is 79.9. The maximum atomic E-state index is 12.0. The molecule has 0 atom stereocenters. The van der Waals surface area contributed by atoms with Crippen molar-refractivity contribution in [3.8, 4) is 0 Å². The van der Waals surface area contributed by atoms with Crippen LogP contribution in [0.1, 0.15) is 11.3 Å². The molecule has 0 saturated heterocycles. The summed E-state index contributed by atoms with van der Waals surface area (Å²) < 4.78 is 2.24. The molecule has 0 aliphatic heterocycles. The maximum Gasteiger partial charge on any atom is 0.275 e. The van der Waals surface area contributed by atoms with Gasteiger partial charge in [0, 0.05) is 16.2 Å². The molecule has 0 saturated carbocycles. The molecule has 1 aromatic carbocycles. The zero-order valence-electron chi connectivity index (χ0n) is 10.6. The Hall–Kier alpha value is -2.21. The molecule has 0 radical (unpaired) electrons. The molecule has 0 amide bonds. The van der Waals surface area contributed by atoms with Gasteiger partial charge in [-0.15, -0.1) is 0 Å². The van der Waals surface area contributed by atoms with Crippen molar-refractivity contribution in [1.29, 1.82) is 0 Å². The molecule has 100 valence electrons. The third kappa shape index (κ3) is 2.18. The van der Waals surface area contributed by atoms with Gasteiger partial charge in [0.1, 0.15) is 5.35 Å². The summed E-state index contributed by atoms with van der Waals surface area (Å²) in [4.78, 5) is 30.7. The number of aryl methyl sites for hydroxylation is 1. The molecular formula is C14H10BrN3O2. The molecule has 0 unspecified atom stereocenters. The summed E-state index contributed by atoms with van der Waals surface area (Å²) in [5.41, 5.74) is 0.808. The van der Waals surface area contributed by atoms with Crippen molar-refractivity contribution in [2.45, 2.75) is 6.92 Å². The second-order valence-electron chi connectivity index (χ2n) is 4.43. The average molecular weight is 332 g/mol. The topological polar surface area (TPSA) is 67.2 Å². The lowest BCUT2D eigenvalue weighted by atomic mass is 10.2. The number of hydrogen-bond donors (Lipinski definition) is 1. The minimum atomic E-state index is -0.330. The molecule has 5 nitrogen and oxygen atoms in total. The molecule has 0 aliphatic rings. The number of aromatic amines is 1. The van der Waals surface area contributed by atoms with Crippen LogP contribution in [-0.2, 0) is 0 Å². The van der Waals surface area contributed by atoms with Crippen molar-refractivity contribution in [3.63, 3.8) is 0 Å². The zero-order valence-corrected chi connectivity index (χ0v) is 12.1. The number of nitrogens with zero attached hydrogens (tertiary/aromatic N) is 2. The minimum Gasteiger partial charge on any atom is -0.290 e. The first kappa shape index (κ1) is 12.8. The molecular weight excluding hydrogens is 322 g/mol. The fourth-order valence-electron chi connectivity index (χ4n) is 2.03. The Bertz CT molecular complexity index is 955. The highest BCUT2D eigenvalue weighted by Gasteiger charge is 2.06. The van der Waals surface area contributed by atoms with E-state index in [4.69, 9.17) is 0 Å². The summed E-state index contributed by atoms with van der Waals surface area (Å²) in [6.45, 7) is 1.71. The number of nitrogens with one attached hydrogen (secondary N) is 1. The number of hydrogen-bond acceptors (Lipinski definition) is 3. The number of aromatic nitrogens is 3. The number of halogens is 1. The van der Waals surface area contributed by atoms with Gasteiger partial charge in [-0.2, -0.15) is 0 Å². The molecule has 0 bridgehead atoms. The molecule has 3 aromatic rings. The van der Waals surface area contributed by atoms with Crippen LogP contribution in [0.3, 0.4) is 0 Å². The van der Waals surface area contributed by atoms with Crippen LogP contribution in [0.25, 0.3) is 11.9 Å². The Morgan fingerprint density at radius 1 is 1.25 bits per heavy atom. The third-order valence-corrected chi connectivity index (χ3v) is 3.45. The third-order valence-electron chi connectivity index (χ3n) is 2.92. The van der Waals surface area contributed by atoms with Crippen molar-refractivity contribution in [2.24, 2.45) is 0 Å². The van der Waals surface area contributed by atoms with Crippen molar-refractivity contribution in [1.82, 2.24) is 14.4 Å². The van der Waals surface area contributed by atoms with Crippen LogP contribution < -0.4 is 16.5 Å². The Kier molecular flexibility index (Phi) is 3.02. The normalized spacial score (nSPS) is 12.2. The van der Waals surface area contributed by atoms with Crippen LogP contribution in [0.4, 0.5) is 0 Å². The summed E-state index contributed by atoms with van der Waals surface area (Å²) in [5, 5.41) is 0.278. The van der Waals surface area contributed by atoms with Crippen LogP contribution in [0.2, 0.25) is 0 Å². The number of rotatable bonds is 1. The van der Waals surface area contributed by atoms with Gasteiger partial charge in [0.15, 0.2) is 0 Å². The molecule has 2 aromatic heterocycles. The fourth-order valence-corrected chi connectivity index (χ4v) is 2.29. The molecule has 2 heterocycles. The van der Waals surface area contributed by atoms with Gasteiger partial charge in [0.05, 0.1) is 0 Å². The van der Waals surface area contributed by atoms with E-state index >= 15 is 0 Å². The molecule has 6 heteroatoms. The largest absolute Gasteiger partial charge is 0.290 e. The van der Waals surface area contributed by atoms with Crippen LogP contribution in [0, 0.1) is 6.92 Å². The van der Waals surface area contributed by atoms with Gasteiger partial charge < -0.3 is 0 Å². The molecule has 0 spiro atoms. The second-order valence-corrected chi connectivity index (χ2v) is 5.35.